The molecular formula is C41H26F3N3O2. The van der Waals surface area contributed by atoms with Crippen molar-refractivity contribution < 1.29 is 22.8 Å². The van der Waals surface area contributed by atoms with E-state index in [-0.39, 0.29) is 28.2 Å². The molecule has 0 spiro atoms. The first-order chi connectivity index (χ1) is 23.7. The second-order valence-corrected chi connectivity index (χ2v) is 12.4. The first kappa shape index (κ1) is 30.2. The SMILES string of the molecule is CC1C=Cc2c(n(-c3cccc4c3C(=O)N(c3ccccc3-c3ccccc3)C4=O)c3ccc(-c4ccc(C#N)cc4C(F)(F)F)cc23)C1. The average Bonchev–Trinajstić information content (AvgIpc) is 3.57. The summed E-state index contributed by atoms with van der Waals surface area (Å²) in [6.45, 7) is 2.07. The van der Waals surface area contributed by atoms with Crippen molar-refractivity contribution in [2.24, 2.45) is 5.92 Å². The van der Waals surface area contributed by atoms with Crippen LogP contribution in [0.1, 0.15) is 50.0 Å². The van der Waals surface area contributed by atoms with Crippen LogP contribution in [0.3, 0.4) is 0 Å². The number of fused-ring (bicyclic) bond motifs is 4. The topological polar surface area (TPSA) is 66.1 Å². The Morgan fingerprint density at radius 2 is 1.49 bits per heavy atom. The molecule has 2 amide bonds. The number of hydrogen-bond donors (Lipinski definition) is 0. The van der Waals surface area contributed by atoms with Gasteiger partial charge in [0.15, 0.2) is 0 Å². The number of carbonyl (C=O) groups excluding carboxylic acids is 2. The second-order valence-electron chi connectivity index (χ2n) is 12.4. The van der Waals surface area contributed by atoms with E-state index in [4.69, 9.17) is 0 Å². The van der Waals surface area contributed by atoms with Crippen LogP contribution in [0.25, 0.3) is 44.9 Å². The molecule has 0 saturated carbocycles. The number of hydrogen-bond acceptors (Lipinski definition) is 3. The van der Waals surface area contributed by atoms with Crippen LogP contribution in [0, 0.1) is 17.2 Å². The Kier molecular flexibility index (Phi) is 6.90. The van der Waals surface area contributed by atoms with Crippen molar-refractivity contribution in [2.45, 2.75) is 19.5 Å². The Balaban J connectivity index is 1.32. The van der Waals surface area contributed by atoms with Crippen LogP contribution in [0.2, 0.25) is 0 Å². The van der Waals surface area contributed by atoms with Gasteiger partial charge in [0.25, 0.3) is 11.8 Å². The standard InChI is InChI=1S/C41H26F3N3O2/c1-24-14-17-30-32-22-27(28-18-15-25(23-45)21-33(28)41(42,43)44)16-19-35(32)46(37(30)20-24)36-13-7-11-31-38(36)40(49)47(39(31)48)34-12-6-5-10-29(34)26-8-3-2-4-9-26/h2-19,21-22,24H,20H2,1H3. The highest BCUT2D eigenvalue weighted by Gasteiger charge is 2.41. The predicted octanol–water partition coefficient (Wildman–Crippen LogP) is 9.86. The summed E-state index contributed by atoms with van der Waals surface area (Å²) < 4.78 is 44.5. The summed E-state index contributed by atoms with van der Waals surface area (Å²) in [5.74, 6) is -0.710. The third kappa shape index (κ3) is 4.77. The quantitative estimate of drug-likeness (QED) is 0.179. The molecule has 5 aromatic carbocycles. The molecule has 238 valence electrons. The predicted molar refractivity (Wildman–Crippen MR) is 183 cm³/mol. The smallest absolute Gasteiger partial charge is 0.312 e. The third-order valence-electron chi connectivity index (χ3n) is 9.34. The lowest BCUT2D eigenvalue weighted by Crippen LogP contribution is -2.30. The molecule has 1 aromatic heterocycles. The number of carbonyl (C=O) groups is 2. The molecule has 0 N–H and O–H groups in total. The number of para-hydroxylation sites is 1. The number of nitrogens with zero attached hydrogens (tertiary/aromatic N) is 3. The zero-order valence-electron chi connectivity index (χ0n) is 26.1. The summed E-state index contributed by atoms with van der Waals surface area (Å²) in [7, 11) is 0. The van der Waals surface area contributed by atoms with Crippen LogP contribution in [-0.4, -0.2) is 16.4 Å². The molecule has 1 unspecified atom stereocenters. The zero-order chi connectivity index (χ0) is 34.0. The Morgan fingerprint density at radius 1 is 0.755 bits per heavy atom. The van der Waals surface area contributed by atoms with Gasteiger partial charge in [-0.25, -0.2) is 4.90 Å². The van der Waals surface area contributed by atoms with E-state index >= 15 is 0 Å². The van der Waals surface area contributed by atoms with Gasteiger partial charge in [0, 0.05) is 22.2 Å². The highest BCUT2D eigenvalue weighted by atomic mass is 19.4. The Morgan fingerprint density at radius 3 is 2.27 bits per heavy atom. The van der Waals surface area contributed by atoms with E-state index in [1.165, 1.54) is 17.0 Å². The van der Waals surface area contributed by atoms with Crippen LogP contribution < -0.4 is 4.90 Å². The van der Waals surface area contributed by atoms with Crippen molar-refractivity contribution in [3.05, 3.63) is 149 Å². The average molecular weight is 650 g/mol. The Labute approximate surface area is 279 Å². The second kappa shape index (κ2) is 11.2. The van der Waals surface area contributed by atoms with Crippen molar-refractivity contribution in [2.75, 3.05) is 4.90 Å². The van der Waals surface area contributed by atoms with Crippen LogP contribution in [-0.2, 0) is 12.6 Å². The molecule has 1 atom stereocenters. The third-order valence-corrected chi connectivity index (χ3v) is 9.34. The number of allylic oxidation sites excluding steroid dienone is 1. The number of halogens is 3. The van der Waals surface area contributed by atoms with E-state index in [1.807, 2.05) is 59.2 Å². The van der Waals surface area contributed by atoms with Gasteiger partial charge in [-0.15, -0.1) is 0 Å². The lowest BCUT2D eigenvalue weighted by Gasteiger charge is -2.20. The summed E-state index contributed by atoms with van der Waals surface area (Å²) in [4.78, 5) is 29.7. The van der Waals surface area contributed by atoms with Gasteiger partial charge in [0.05, 0.1) is 45.2 Å². The monoisotopic (exact) mass is 649 g/mol. The summed E-state index contributed by atoms with van der Waals surface area (Å²) in [5, 5.41) is 9.98. The van der Waals surface area contributed by atoms with Crippen molar-refractivity contribution in [3.63, 3.8) is 0 Å². The van der Waals surface area contributed by atoms with E-state index < -0.39 is 23.6 Å². The van der Waals surface area contributed by atoms with Crippen LogP contribution in [0.15, 0.2) is 115 Å². The maximum absolute atomic E-state index is 14.4. The molecule has 8 heteroatoms. The minimum Gasteiger partial charge on any atom is -0.312 e. The molecule has 0 saturated heterocycles. The molecule has 49 heavy (non-hydrogen) atoms. The maximum atomic E-state index is 14.4. The minimum atomic E-state index is -4.67. The Bertz CT molecular complexity index is 2430. The molecule has 1 aliphatic heterocycles. The van der Waals surface area contributed by atoms with Crippen LogP contribution in [0.4, 0.5) is 18.9 Å². The molecule has 5 nitrogen and oxygen atoms in total. The maximum Gasteiger partial charge on any atom is 0.417 e. The lowest BCUT2D eigenvalue weighted by atomic mass is 9.92. The summed E-state index contributed by atoms with van der Waals surface area (Å²) in [6, 6.07) is 32.6. The van der Waals surface area contributed by atoms with Crippen molar-refractivity contribution in [1.82, 2.24) is 4.57 Å². The first-order valence-electron chi connectivity index (χ1n) is 15.8. The zero-order valence-corrected chi connectivity index (χ0v) is 26.1. The fraction of sp³-hybridized carbons (Fsp3) is 0.0976. The Hall–Kier alpha value is -6.20. The fourth-order valence-electron chi connectivity index (χ4n) is 7.13. The van der Waals surface area contributed by atoms with Gasteiger partial charge in [0.2, 0.25) is 0 Å². The minimum absolute atomic E-state index is 0.0304. The molecule has 6 aromatic rings. The molecule has 0 fully saturated rings. The number of anilines is 1. The van der Waals surface area contributed by atoms with E-state index in [9.17, 15) is 28.0 Å². The molecule has 2 heterocycles. The lowest BCUT2D eigenvalue weighted by molar-refractivity contribution is -0.137. The fourth-order valence-corrected chi connectivity index (χ4v) is 7.13. The highest BCUT2D eigenvalue weighted by Crippen LogP contribution is 2.43. The van der Waals surface area contributed by atoms with Crippen molar-refractivity contribution in [1.29, 1.82) is 5.26 Å². The first-order valence-corrected chi connectivity index (χ1v) is 15.8. The van der Waals surface area contributed by atoms with Gasteiger partial charge < -0.3 is 4.57 Å². The number of alkyl halides is 3. The van der Waals surface area contributed by atoms with Crippen molar-refractivity contribution >= 4 is 34.5 Å². The molecule has 8 rings (SSSR count). The van der Waals surface area contributed by atoms with E-state index in [0.717, 1.165) is 28.5 Å². The molecule has 0 radical (unpaired) electrons. The van der Waals surface area contributed by atoms with E-state index in [0.29, 0.717) is 34.3 Å². The normalized spacial score (nSPS) is 15.4. The molecular weight excluding hydrogens is 623 g/mol. The molecule has 0 bridgehead atoms. The van der Waals surface area contributed by atoms with Gasteiger partial charge >= 0.3 is 6.18 Å². The van der Waals surface area contributed by atoms with Gasteiger partial charge in [-0.3, -0.25) is 9.59 Å². The summed E-state index contributed by atoms with van der Waals surface area (Å²) in [5.41, 5.74) is 4.99. The largest absolute Gasteiger partial charge is 0.417 e. The van der Waals surface area contributed by atoms with E-state index in [1.54, 1.807) is 48.5 Å². The number of benzene rings is 5. The van der Waals surface area contributed by atoms with Gasteiger partial charge in [-0.05, 0) is 71.5 Å². The number of rotatable bonds is 4. The summed E-state index contributed by atoms with van der Waals surface area (Å²) >= 11 is 0. The molecule has 1 aliphatic carbocycles. The van der Waals surface area contributed by atoms with Gasteiger partial charge in [-0.1, -0.05) is 85.8 Å². The van der Waals surface area contributed by atoms with E-state index in [2.05, 4.69) is 13.0 Å². The van der Waals surface area contributed by atoms with Gasteiger partial charge in [0.1, 0.15) is 0 Å². The summed E-state index contributed by atoms with van der Waals surface area (Å²) in [6.07, 6.45) is -0.00465. The number of nitriles is 1. The van der Waals surface area contributed by atoms with Crippen LogP contribution in [0.5, 0.6) is 0 Å². The number of imide groups is 1. The number of aromatic nitrogens is 1. The number of amides is 2. The highest BCUT2D eigenvalue weighted by molar-refractivity contribution is 6.36. The van der Waals surface area contributed by atoms with Gasteiger partial charge in [-0.2, -0.15) is 18.4 Å². The van der Waals surface area contributed by atoms with Crippen molar-refractivity contribution in [3.8, 4) is 34.0 Å². The van der Waals surface area contributed by atoms with Crippen LogP contribution >= 0.6 is 0 Å². The molecule has 2 aliphatic rings.